The number of ketones is 2. The van der Waals surface area contributed by atoms with E-state index in [1.165, 1.54) is 25.1 Å². The number of benzene rings is 1. The summed E-state index contributed by atoms with van der Waals surface area (Å²) >= 11 is 1.69. The van der Waals surface area contributed by atoms with E-state index in [0.29, 0.717) is 16.6 Å². The standard InChI is InChI=1S/C27H32N2O8S/c1-29(2)20-19-22(32)16-13(10-38-11-6-3-4-7-11)12-8-5-9-14(30)15(12)21(31)17(16)24(34)27(19,37)25(35)18(23(20)33)26(28)36/h5,8-9,11,13,16,19-20,22,30,32-34,37H,3-4,6-7,10H2,1-2H3,(H2,28,36)/t13-,16+,19+,20-,22-,27-/m0/s1. The normalized spacial score (nSPS) is 33.4. The number of nitrogens with two attached hydrogens (primary N) is 1. The number of hydrogen-bond acceptors (Lipinski definition) is 10. The van der Waals surface area contributed by atoms with Crippen LogP contribution in [-0.4, -0.2) is 90.8 Å². The van der Waals surface area contributed by atoms with Gasteiger partial charge in [-0.15, -0.1) is 0 Å². The third kappa shape index (κ3) is 3.63. The largest absolute Gasteiger partial charge is 0.510 e. The number of aromatic hydroxyl groups is 1. The second-order valence-corrected chi connectivity index (χ2v) is 12.2. The minimum Gasteiger partial charge on any atom is -0.510 e. The molecule has 0 heterocycles. The Morgan fingerprint density at radius 3 is 2.42 bits per heavy atom. The minimum absolute atomic E-state index is 0.0579. The molecule has 10 nitrogen and oxygen atoms in total. The number of nitrogens with zero attached hydrogens (tertiary/aromatic N) is 1. The lowest BCUT2D eigenvalue weighted by Crippen LogP contribution is -2.68. The number of rotatable bonds is 5. The van der Waals surface area contributed by atoms with Crippen molar-refractivity contribution < 1.29 is 39.9 Å². The second-order valence-electron chi connectivity index (χ2n) is 10.8. The molecule has 4 aliphatic carbocycles. The highest BCUT2D eigenvalue weighted by Gasteiger charge is 2.67. The molecule has 0 unspecified atom stereocenters. The maximum absolute atomic E-state index is 13.8. The maximum Gasteiger partial charge on any atom is 0.255 e. The lowest BCUT2D eigenvalue weighted by atomic mass is 9.55. The Labute approximate surface area is 223 Å². The van der Waals surface area contributed by atoms with Gasteiger partial charge < -0.3 is 31.3 Å². The predicted molar refractivity (Wildman–Crippen MR) is 139 cm³/mol. The van der Waals surface area contributed by atoms with Crippen LogP contribution in [0.1, 0.15) is 47.5 Å². The SMILES string of the molecule is CN(C)[C@@H]1C(O)=C(C(N)=O)C(=O)[C@@]2(O)C(O)=C3C(=O)c4c(O)cccc4[C@H](CSC4CCCC4)[C@H]3[C@H](O)[C@@H]12. The molecule has 204 valence electrons. The molecule has 0 aromatic heterocycles. The first-order valence-electron chi connectivity index (χ1n) is 12.7. The van der Waals surface area contributed by atoms with Crippen LogP contribution in [-0.2, 0) is 9.59 Å². The van der Waals surface area contributed by atoms with Crippen LogP contribution in [0.25, 0.3) is 0 Å². The fraction of sp³-hybridized carbons (Fsp3) is 0.519. The van der Waals surface area contributed by atoms with Crippen molar-refractivity contribution in [1.82, 2.24) is 4.90 Å². The van der Waals surface area contributed by atoms with Crippen LogP contribution in [0, 0.1) is 11.8 Å². The van der Waals surface area contributed by atoms with Gasteiger partial charge in [0, 0.05) is 28.4 Å². The number of carbonyl (C=O) groups excluding carboxylic acids is 3. The summed E-state index contributed by atoms with van der Waals surface area (Å²) in [6.07, 6.45) is 2.72. The fourth-order valence-electron chi connectivity index (χ4n) is 6.89. The van der Waals surface area contributed by atoms with Gasteiger partial charge in [-0.25, -0.2) is 0 Å². The van der Waals surface area contributed by atoms with Crippen molar-refractivity contribution >= 4 is 29.2 Å². The number of hydrogen-bond donors (Lipinski definition) is 6. The first kappa shape index (κ1) is 26.7. The van der Waals surface area contributed by atoms with Gasteiger partial charge in [0.15, 0.2) is 11.4 Å². The maximum atomic E-state index is 13.8. The Balaban J connectivity index is 1.74. The summed E-state index contributed by atoms with van der Waals surface area (Å²) in [6, 6.07) is 3.37. The van der Waals surface area contributed by atoms with Crippen molar-refractivity contribution in [1.29, 1.82) is 0 Å². The van der Waals surface area contributed by atoms with Crippen LogP contribution in [0.2, 0.25) is 0 Å². The first-order valence-corrected chi connectivity index (χ1v) is 13.7. The van der Waals surface area contributed by atoms with E-state index in [9.17, 15) is 39.9 Å². The van der Waals surface area contributed by atoms with E-state index in [4.69, 9.17) is 5.73 Å². The van der Waals surface area contributed by atoms with Gasteiger partial charge in [0.05, 0.1) is 23.6 Å². The van der Waals surface area contributed by atoms with Gasteiger partial charge in [0.25, 0.3) is 5.91 Å². The number of amides is 1. The van der Waals surface area contributed by atoms with E-state index in [0.717, 1.165) is 25.7 Å². The van der Waals surface area contributed by atoms with Gasteiger partial charge in [-0.05, 0) is 38.6 Å². The Bertz CT molecular complexity index is 1280. The Hall–Kier alpha value is -2.86. The number of aliphatic hydroxyl groups is 4. The van der Waals surface area contributed by atoms with Crippen LogP contribution in [0.3, 0.4) is 0 Å². The number of fused-ring (bicyclic) bond motifs is 3. The molecule has 1 saturated carbocycles. The molecule has 5 rings (SSSR count). The van der Waals surface area contributed by atoms with Gasteiger partial charge in [-0.3, -0.25) is 19.3 Å². The first-order chi connectivity index (χ1) is 17.9. The van der Waals surface area contributed by atoms with Gasteiger partial charge in [0.2, 0.25) is 5.78 Å². The fourth-order valence-corrected chi connectivity index (χ4v) is 8.43. The van der Waals surface area contributed by atoms with E-state index in [-0.39, 0.29) is 16.9 Å². The summed E-state index contributed by atoms with van der Waals surface area (Å²) in [6.45, 7) is 0. The predicted octanol–water partition coefficient (Wildman–Crippen LogP) is 1.31. The number of phenols is 1. The molecule has 38 heavy (non-hydrogen) atoms. The topological polar surface area (TPSA) is 182 Å². The number of primary amides is 1. The van der Waals surface area contributed by atoms with Crippen LogP contribution in [0.4, 0.5) is 0 Å². The second kappa shape index (κ2) is 9.41. The van der Waals surface area contributed by atoms with Crippen LogP contribution >= 0.6 is 11.8 Å². The molecular weight excluding hydrogens is 512 g/mol. The summed E-state index contributed by atoms with van der Waals surface area (Å²) in [5.41, 5.74) is 1.63. The van der Waals surface area contributed by atoms with E-state index in [1.807, 2.05) is 0 Å². The zero-order valence-corrected chi connectivity index (χ0v) is 21.9. The highest BCUT2D eigenvalue weighted by atomic mass is 32.2. The van der Waals surface area contributed by atoms with E-state index in [1.54, 1.807) is 23.9 Å². The number of carbonyl (C=O) groups is 3. The van der Waals surface area contributed by atoms with Crippen LogP contribution < -0.4 is 5.73 Å². The molecule has 0 bridgehead atoms. The van der Waals surface area contributed by atoms with Gasteiger partial charge in [-0.1, -0.05) is 25.0 Å². The molecule has 11 heteroatoms. The minimum atomic E-state index is -2.91. The van der Waals surface area contributed by atoms with E-state index < -0.39 is 70.1 Å². The zero-order valence-electron chi connectivity index (χ0n) is 21.1. The molecule has 0 saturated heterocycles. The number of thioether (sulfide) groups is 1. The average molecular weight is 545 g/mol. The van der Waals surface area contributed by atoms with Crippen LogP contribution in [0.5, 0.6) is 5.75 Å². The molecular formula is C27H32N2O8S. The summed E-state index contributed by atoms with van der Waals surface area (Å²) < 4.78 is 0. The molecule has 6 atom stereocenters. The Kier molecular flexibility index (Phi) is 6.62. The summed E-state index contributed by atoms with van der Waals surface area (Å²) in [5, 5.41) is 57.2. The van der Waals surface area contributed by atoms with Crippen molar-refractivity contribution in [2.24, 2.45) is 17.6 Å². The molecule has 1 fully saturated rings. The molecule has 1 amide bonds. The van der Waals surface area contributed by atoms with Crippen molar-refractivity contribution in [3.8, 4) is 5.75 Å². The Morgan fingerprint density at radius 1 is 1.16 bits per heavy atom. The smallest absolute Gasteiger partial charge is 0.255 e. The van der Waals surface area contributed by atoms with Gasteiger partial charge >= 0.3 is 0 Å². The average Bonchev–Trinajstić information content (AvgIpc) is 3.37. The quantitative estimate of drug-likeness (QED) is 0.296. The van der Waals surface area contributed by atoms with Crippen molar-refractivity contribution in [3.63, 3.8) is 0 Å². The summed E-state index contributed by atoms with van der Waals surface area (Å²) in [4.78, 5) is 40.8. The third-order valence-electron chi connectivity index (χ3n) is 8.61. The molecule has 0 spiro atoms. The highest BCUT2D eigenvalue weighted by Crippen LogP contribution is 2.56. The van der Waals surface area contributed by atoms with Crippen molar-refractivity contribution in [3.05, 3.63) is 52.0 Å². The van der Waals surface area contributed by atoms with Crippen molar-refractivity contribution in [2.75, 3.05) is 19.8 Å². The lowest BCUT2D eigenvalue weighted by molar-refractivity contribution is -0.162. The molecule has 7 N–H and O–H groups in total. The molecule has 1 aromatic carbocycles. The molecule has 0 radical (unpaired) electrons. The lowest BCUT2D eigenvalue weighted by Gasteiger charge is -2.53. The van der Waals surface area contributed by atoms with Gasteiger partial charge in [0.1, 0.15) is 22.8 Å². The van der Waals surface area contributed by atoms with Crippen LogP contribution in [0.15, 0.2) is 40.9 Å². The number of Topliss-reactive ketones (excluding diaryl/α,β-unsaturated/α-hetero) is 2. The number of likely N-dealkylation sites (N-methyl/N-ethyl adjacent to an activating group) is 1. The zero-order chi connectivity index (χ0) is 27.7. The van der Waals surface area contributed by atoms with E-state index >= 15 is 0 Å². The molecule has 1 aromatic rings. The Morgan fingerprint density at radius 2 is 1.82 bits per heavy atom. The van der Waals surface area contributed by atoms with E-state index in [2.05, 4.69) is 0 Å². The number of phenolic OH excluding ortho intramolecular Hbond substituents is 1. The number of aliphatic hydroxyl groups excluding tert-OH is 3. The monoisotopic (exact) mass is 544 g/mol. The molecule has 4 aliphatic rings. The summed E-state index contributed by atoms with van der Waals surface area (Å²) in [5.74, 6) is -8.22. The summed E-state index contributed by atoms with van der Waals surface area (Å²) in [7, 11) is 3.04. The van der Waals surface area contributed by atoms with Crippen molar-refractivity contribution in [2.45, 2.75) is 54.6 Å². The highest BCUT2D eigenvalue weighted by molar-refractivity contribution is 7.99. The van der Waals surface area contributed by atoms with Gasteiger partial charge in [-0.2, -0.15) is 11.8 Å². The third-order valence-corrected chi connectivity index (χ3v) is 10.1. The molecule has 0 aliphatic heterocycles.